The molecule has 4 atom stereocenters. The summed E-state index contributed by atoms with van der Waals surface area (Å²) in [5, 5.41) is 11.5. The number of rotatable bonds is 3. The Hall–Kier alpha value is -2.09. The summed E-state index contributed by atoms with van der Waals surface area (Å²) in [5.41, 5.74) is -0.829. The molecule has 0 aromatic rings. The fraction of sp³-hybridized carbons (Fsp3) is 0.706. The number of fused-ring (bicyclic) bond motifs is 1. The van der Waals surface area contributed by atoms with Crippen LogP contribution in [0.3, 0.4) is 0 Å². The van der Waals surface area contributed by atoms with E-state index in [1.165, 1.54) is 0 Å². The second-order valence-electron chi connectivity index (χ2n) is 7.10. The minimum Gasteiger partial charge on any atom is -0.550 e. The molecular weight excluding hydrogens is 328 g/mol. The van der Waals surface area contributed by atoms with Gasteiger partial charge in [-0.1, -0.05) is 12.2 Å². The SMILES string of the molecule is CCOC(=O)N1CCC(N2C[C@@]34C=C[C@@H](O3)[C@H](C(=O)[O-])[C@H]4C2=O)CC1. The van der Waals surface area contributed by atoms with Crippen molar-refractivity contribution in [3.8, 4) is 0 Å². The van der Waals surface area contributed by atoms with E-state index in [9.17, 15) is 19.5 Å². The second kappa shape index (κ2) is 5.72. The minimum absolute atomic E-state index is 0.0170. The van der Waals surface area contributed by atoms with Gasteiger partial charge in [0, 0.05) is 31.0 Å². The van der Waals surface area contributed by atoms with E-state index in [-0.39, 0.29) is 18.0 Å². The number of ether oxygens (including phenoxy) is 2. The minimum atomic E-state index is -1.23. The van der Waals surface area contributed by atoms with Gasteiger partial charge < -0.3 is 29.2 Å². The number of hydrogen-bond acceptors (Lipinski definition) is 6. The molecule has 4 heterocycles. The lowest BCUT2D eigenvalue weighted by molar-refractivity contribution is -0.313. The van der Waals surface area contributed by atoms with Crippen molar-refractivity contribution in [3.05, 3.63) is 12.2 Å². The predicted octanol–water partition coefficient (Wildman–Crippen LogP) is -0.861. The third-order valence-electron chi connectivity index (χ3n) is 5.83. The van der Waals surface area contributed by atoms with E-state index in [4.69, 9.17) is 9.47 Å². The van der Waals surface area contributed by atoms with E-state index in [1.807, 2.05) is 6.08 Å². The highest BCUT2D eigenvalue weighted by Crippen LogP contribution is 2.52. The van der Waals surface area contributed by atoms with Gasteiger partial charge in [0.15, 0.2) is 0 Å². The van der Waals surface area contributed by atoms with E-state index in [0.717, 1.165) is 0 Å². The third-order valence-corrected chi connectivity index (χ3v) is 5.83. The van der Waals surface area contributed by atoms with Crippen molar-refractivity contribution in [2.45, 2.75) is 37.5 Å². The Morgan fingerprint density at radius 2 is 2.12 bits per heavy atom. The highest BCUT2D eigenvalue weighted by Gasteiger charge is 2.66. The number of likely N-dealkylation sites (tertiary alicyclic amines) is 2. The third kappa shape index (κ3) is 2.34. The Labute approximate surface area is 145 Å². The van der Waals surface area contributed by atoms with E-state index < -0.39 is 29.5 Å². The van der Waals surface area contributed by atoms with E-state index in [1.54, 1.807) is 22.8 Å². The molecule has 8 heteroatoms. The van der Waals surface area contributed by atoms with E-state index >= 15 is 0 Å². The first-order chi connectivity index (χ1) is 12.0. The van der Waals surface area contributed by atoms with Crippen molar-refractivity contribution in [3.63, 3.8) is 0 Å². The van der Waals surface area contributed by atoms with Gasteiger partial charge in [-0.05, 0) is 19.8 Å². The number of aliphatic carboxylic acids is 1. The molecule has 0 N–H and O–H groups in total. The summed E-state index contributed by atoms with van der Waals surface area (Å²) in [5.74, 6) is -3.01. The number of piperidine rings is 1. The Kier molecular flexibility index (Phi) is 3.75. The number of carbonyl (C=O) groups is 3. The Balaban J connectivity index is 1.46. The second-order valence-corrected chi connectivity index (χ2v) is 7.10. The van der Waals surface area contributed by atoms with Crippen LogP contribution in [0.25, 0.3) is 0 Å². The standard InChI is InChI=1S/C17H22N2O6/c1-2-24-16(23)18-7-4-10(5-8-18)19-9-17-6-3-11(25-17)12(15(21)22)13(17)14(19)20/h3,6,10-13H,2,4-5,7-9H2,1H3,(H,21,22)/p-1/t11-,12+,13+,17-/m1/s1. The molecule has 0 aromatic carbocycles. The van der Waals surface area contributed by atoms with Gasteiger partial charge in [0.05, 0.1) is 25.2 Å². The summed E-state index contributed by atoms with van der Waals surface area (Å²) in [6.07, 6.45) is 3.98. The van der Waals surface area contributed by atoms with Crippen LogP contribution >= 0.6 is 0 Å². The van der Waals surface area contributed by atoms with Gasteiger partial charge >= 0.3 is 6.09 Å². The smallest absolute Gasteiger partial charge is 0.409 e. The van der Waals surface area contributed by atoms with Crippen molar-refractivity contribution in [2.24, 2.45) is 11.8 Å². The monoisotopic (exact) mass is 349 g/mol. The quantitative estimate of drug-likeness (QED) is 0.615. The molecule has 0 aromatic heterocycles. The summed E-state index contributed by atoms with van der Waals surface area (Å²) in [6.45, 7) is 3.52. The van der Waals surface area contributed by atoms with Crippen LogP contribution in [-0.4, -0.2) is 71.8 Å². The van der Waals surface area contributed by atoms with Crippen LogP contribution in [-0.2, 0) is 19.1 Å². The average Bonchev–Trinajstić information content (AvgIpc) is 3.23. The zero-order valence-electron chi connectivity index (χ0n) is 14.1. The molecule has 4 aliphatic heterocycles. The van der Waals surface area contributed by atoms with Crippen molar-refractivity contribution < 1.29 is 29.0 Å². The molecule has 0 unspecified atom stereocenters. The lowest BCUT2D eigenvalue weighted by Crippen LogP contribution is -2.49. The lowest BCUT2D eigenvalue weighted by atomic mass is 9.77. The van der Waals surface area contributed by atoms with Crippen LogP contribution < -0.4 is 5.11 Å². The van der Waals surface area contributed by atoms with Crippen molar-refractivity contribution in [1.29, 1.82) is 0 Å². The molecule has 3 saturated heterocycles. The number of hydrogen-bond donors (Lipinski definition) is 0. The van der Waals surface area contributed by atoms with Crippen LogP contribution in [0.2, 0.25) is 0 Å². The Morgan fingerprint density at radius 3 is 2.76 bits per heavy atom. The van der Waals surface area contributed by atoms with Crippen LogP contribution in [0.5, 0.6) is 0 Å². The van der Waals surface area contributed by atoms with Crippen molar-refractivity contribution >= 4 is 18.0 Å². The number of carboxylic acid groups (broad SMARTS) is 1. The van der Waals surface area contributed by atoms with Gasteiger partial charge in [-0.2, -0.15) is 0 Å². The number of amides is 2. The zero-order chi connectivity index (χ0) is 17.8. The van der Waals surface area contributed by atoms with Crippen LogP contribution in [0, 0.1) is 11.8 Å². The average molecular weight is 349 g/mol. The van der Waals surface area contributed by atoms with Gasteiger partial charge in [0.25, 0.3) is 0 Å². The van der Waals surface area contributed by atoms with Crippen LogP contribution in [0.4, 0.5) is 4.79 Å². The summed E-state index contributed by atoms with van der Waals surface area (Å²) in [6, 6.07) is -0.0170. The fourth-order valence-electron chi connectivity index (χ4n) is 4.68. The van der Waals surface area contributed by atoms with Crippen LogP contribution in [0.15, 0.2) is 12.2 Å². The van der Waals surface area contributed by atoms with Gasteiger partial charge in [-0.25, -0.2) is 4.79 Å². The molecule has 25 heavy (non-hydrogen) atoms. The zero-order valence-corrected chi connectivity index (χ0v) is 14.1. The maximum atomic E-state index is 12.9. The summed E-state index contributed by atoms with van der Waals surface area (Å²) < 4.78 is 10.9. The molecule has 0 aliphatic carbocycles. The largest absolute Gasteiger partial charge is 0.550 e. The lowest BCUT2D eigenvalue weighted by Gasteiger charge is -2.37. The summed E-state index contributed by atoms with van der Waals surface area (Å²) >= 11 is 0. The summed E-state index contributed by atoms with van der Waals surface area (Å²) in [7, 11) is 0. The molecule has 4 aliphatic rings. The molecule has 2 bridgehead atoms. The van der Waals surface area contributed by atoms with Crippen molar-refractivity contribution in [2.75, 3.05) is 26.2 Å². The number of carboxylic acids is 1. The number of carbonyl (C=O) groups excluding carboxylic acids is 3. The van der Waals surface area contributed by atoms with Gasteiger partial charge in [-0.15, -0.1) is 0 Å². The maximum Gasteiger partial charge on any atom is 0.409 e. The van der Waals surface area contributed by atoms with Gasteiger partial charge in [0.1, 0.15) is 5.60 Å². The molecule has 0 saturated carbocycles. The normalized spacial score (nSPS) is 36.8. The molecule has 8 nitrogen and oxygen atoms in total. The van der Waals surface area contributed by atoms with Gasteiger partial charge in [0.2, 0.25) is 5.91 Å². The highest BCUT2D eigenvalue weighted by atomic mass is 16.6. The Bertz CT molecular complexity index is 641. The molecule has 0 radical (unpaired) electrons. The predicted molar refractivity (Wildman–Crippen MR) is 82.1 cm³/mol. The van der Waals surface area contributed by atoms with Crippen molar-refractivity contribution in [1.82, 2.24) is 9.80 Å². The van der Waals surface area contributed by atoms with Crippen LogP contribution in [0.1, 0.15) is 19.8 Å². The molecule has 2 amide bonds. The van der Waals surface area contributed by atoms with E-state index in [2.05, 4.69) is 0 Å². The highest BCUT2D eigenvalue weighted by molar-refractivity contribution is 5.90. The maximum absolute atomic E-state index is 12.9. The first kappa shape index (κ1) is 16.4. The van der Waals surface area contributed by atoms with E-state index in [0.29, 0.717) is 39.1 Å². The fourth-order valence-corrected chi connectivity index (χ4v) is 4.68. The molecule has 136 valence electrons. The molecule has 3 fully saturated rings. The summed E-state index contributed by atoms with van der Waals surface area (Å²) in [4.78, 5) is 39.6. The molecule has 4 rings (SSSR count). The Morgan fingerprint density at radius 1 is 1.40 bits per heavy atom. The molecular formula is C17H21N2O6-. The first-order valence-electron chi connectivity index (χ1n) is 8.77. The number of nitrogens with zero attached hydrogens (tertiary/aromatic N) is 2. The molecule has 1 spiro atoms. The first-order valence-corrected chi connectivity index (χ1v) is 8.77. The topological polar surface area (TPSA) is 99.2 Å². The van der Waals surface area contributed by atoms with Gasteiger partial charge in [-0.3, -0.25) is 4.79 Å².